The molecular weight excluding hydrogens is 296 g/mol. The third kappa shape index (κ3) is 7.26. The Kier molecular flexibility index (Phi) is 7.53. The number of rotatable bonds is 7. The number of ether oxygens (including phenoxy) is 1. The molecule has 0 heterocycles. The highest BCUT2D eigenvalue weighted by Gasteiger charge is 2.15. The monoisotopic (exact) mass is 318 g/mol. The first-order chi connectivity index (χ1) is 10.9. The molecule has 1 aromatic rings. The summed E-state index contributed by atoms with van der Waals surface area (Å²) in [5.74, 6) is -1.43. The van der Waals surface area contributed by atoms with Crippen molar-refractivity contribution >= 4 is 23.9 Å². The van der Waals surface area contributed by atoms with Crippen molar-refractivity contribution in [3.8, 4) is 0 Å². The average molecular weight is 318 g/mol. The van der Waals surface area contributed by atoms with Crippen LogP contribution in [-0.2, 0) is 19.1 Å². The molecule has 0 saturated carbocycles. The number of benzene rings is 1. The van der Waals surface area contributed by atoms with Crippen molar-refractivity contribution in [2.24, 2.45) is 0 Å². The van der Waals surface area contributed by atoms with Crippen molar-refractivity contribution in [3.63, 3.8) is 0 Å². The Morgan fingerprint density at radius 1 is 1.30 bits per heavy atom. The van der Waals surface area contributed by atoms with E-state index in [1.54, 1.807) is 19.9 Å². The van der Waals surface area contributed by atoms with Gasteiger partial charge in [-0.1, -0.05) is 29.8 Å². The van der Waals surface area contributed by atoms with E-state index in [0.29, 0.717) is 6.54 Å². The smallest absolute Gasteiger partial charge is 0.331 e. The number of likely N-dealkylation sites (N-methyl/N-ethyl adjacent to an activating group) is 1. The van der Waals surface area contributed by atoms with Gasteiger partial charge in [-0.25, -0.2) is 4.79 Å². The fraction of sp³-hybridized carbons (Fsp3) is 0.353. The van der Waals surface area contributed by atoms with E-state index in [9.17, 15) is 14.4 Å². The van der Waals surface area contributed by atoms with E-state index < -0.39 is 24.5 Å². The first-order valence-electron chi connectivity index (χ1n) is 7.41. The molecule has 1 aromatic carbocycles. The Balaban J connectivity index is 2.38. The summed E-state index contributed by atoms with van der Waals surface area (Å²) in [5, 5.41) is 5.03. The van der Waals surface area contributed by atoms with Gasteiger partial charge in [0.1, 0.15) is 6.04 Å². The zero-order chi connectivity index (χ0) is 17.2. The topological polar surface area (TPSA) is 84.5 Å². The highest BCUT2D eigenvalue weighted by Crippen LogP contribution is 2.05. The maximum Gasteiger partial charge on any atom is 0.331 e. The van der Waals surface area contributed by atoms with E-state index in [0.717, 1.165) is 11.1 Å². The van der Waals surface area contributed by atoms with Gasteiger partial charge in [-0.05, 0) is 32.4 Å². The molecule has 0 unspecified atom stereocenters. The second-order valence-corrected chi connectivity index (χ2v) is 5.04. The average Bonchev–Trinajstić information content (AvgIpc) is 2.51. The number of hydrogen-bond donors (Lipinski definition) is 2. The lowest BCUT2D eigenvalue weighted by atomic mass is 10.1. The Morgan fingerprint density at radius 2 is 2.04 bits per heavy atom. The van der Waals surface area contributed by atoms with Crippen LogP contribution in [0.4, 0.5) is 0 Å². The molecule has 2 amide bonds. The minimum atomic E-state index is -0.677. The van der Waals surface area contributed by atoms with Crippen LogP contribution in [-0.4, -0.2) is 37.0 Å². The minimum Gasteiger partial charge on any atom is -0.452 e. The first kappa shape index (κ1) is 18.4. The number of aryl methyl sites for hydroxylation is 1. The molecule has 0 saturated heterocycles. The van der Waals surface area contributed by atoms with Gasteiger partial charge in [0.25, 0.3) is 5.91 Å². The lowest BCUT2D eigenvalue weighted by molar-refractivity contribution is -0.144. The molecule has 0 aliphatic rings. The molecule has 0 aliphatic carbocycles. The van der Waals surface area contributed by atoms with Gasteiger partial charge in [0.05, 0.1) is 0 Å². The van der Waals surface area contributed by atoms with E-state index in [2.05, 4.69) is 10.6 Å². The number of hydrogen-bond acceptors (Lipinski definition) is 4. The number of amides is 2. The fourth-order valence-corrected chi connectivity index (χ4v) is 1.80. The molecule has 2 N–H and O–H groups in total. The normalized spacial score (nSPS) is 11.8. The zero-order valence-electron chi connectivity index (χ0n) is 13.6. The van der Waals surface area contributed by atoms with Gasteiger partial charge in [-0.15, -0.1) is 0 Å². The molecule has 0 spiro atoms. The summed E-state index contributed by atoms with van der Waals surface area (Å²) in [6.07, 6.45) is 2.87. The summed E-state index contributed by atoms with van der Waals surface area (Å²) in [6.45, 7) is 5.35. The number of esters is 1. The molecule has 124 valence electrons. The van der Waals surface area contributed by atoms with Crippen LogP contribution in [0.15, 0.2) is 30.3 Å². The van der Waals surface area contributed by atoms with Crippen molar-refractivity contribution in [1.29, 1.82) is 0 Å². The second kappa shape index (κ2) is 9.40. The Hall–Kier alpha value is -2.63. The summed E-state index contributed by atoms with van der Waals surface area (Å²) in [5.41, 5.74) is 1.95. The molecule has 0 bridgehead atoms. The largest absolute Gasteiger partial charge is 0.452 e. The molecule has 0 fully saturated rings. The molecule has 1 rings (SSSR count). The molecule has 1 atom stereocenters. The third-order valence-electron chi connectivity index (χ3n) is 2.92. The van der Waals surface area contributed by atoms with Crippen molar-refractivity contribution in [3.05, 3.63) is 41.5 Å². The number of carbonyl (C=O) groups is 3. The van der Waals surface area contributed by atoms with Crippen molar-refractivity contribution in [2.45, 2.75) is 26.8 Å². The molecule has 0 aliphatic heterocycles. The van der Waals surface area contributed by atoms with Gasteiger partial charge in [0.2, 0.25) is 5.91 Å². The highest BCUT2D eigenvalue weighted by atomic mass is 16.5. The quantitative estimate of drug-likeness (QED) is 0.584. The van der Waals surface area contributed by atoms with Gasteiger partial charge >= 0.3 is 5.97 Å². The summed E-state index contributed by atoms with van der Waals surface area (Å²) >= 11 is 0. The van der Waals surface area contributed by atoms with Crippen molar-refractivity contribution in [2.75, 3.05) is 13.2 Å². The zero-order valence-corrected chi connectivity index (χ0v) is 13.6. The number of carbonyl (C=O) groups excluding carboxylic acids is 3. The van der Waals surface area contributed by atoms with E-state index >= 15 is 0 Å². The van der Waals surface area contributed by atoms with Gasteiger partial charge in [-0.2, -0.15) is 0 Å². The molecular formula is C17H22N2O4. The van der Waals surface area contributed by atoms with Crippen LogP contribution in [0.5, 0.6) is 0 Å². The van der Waals surface area contributed by atoms with E-state index in [-0.39, 0.29) is 5.91 Å². The Bertz CT molecular complexity index is 596. The van der Waals surface area contributed by atoms with E-state index in [1.165, 1.54) is 6.08 Å². The first-order valence-corrected chi connectivity index (χ1v) is 7.41. The molecule has 23 heavy (non-hydrogen) atoms. The summed E-state index contributed by atoms with van der Waals surface area (Å²) in [7, 11) is 0. The van der Waals surface area contributed by atoms with Crippen LogP contribution in [0.3, 0.4) is 0 Å². The maximum absolute atomic E-state index is 11.6. The molecule has 6 nitrogen and oxygen atoms in total. The van der Waals surface area contributed by atoms with E-state index in [4.69, 9.17) is 4.74 Å². The molecule has 0 aromatic heterocycles. The predicted octanol–water partition coefficient (Wildman–Crippen LogP) is 1.19. The lowest BCUT2D eigenvalue weighted by Gasteiger charge is -2.12. The lowest BCUT2D eigenvalue weighted by Crippen LogP contribution is -2.46. The van der Waals surface area contributed by atoms with Crippen LogP contribution in [0.2, 0.25) is 0 Å². The number of nitrogens with one attached hydrogen (secondary N) is 2. The van der Waals surface area contributed by atoms with Crippen LogP contribution >= 0.6 is 0 Å². The SMILES string of the molecule is CCNC(=O)[C@H](C)NC(=O)COC(=O)/C=C/c1cccc(C)c1. The summed E-state index contributed by atoms with van der Waals surface area (Å²) < 4.78 is 4.83. The van der Waals surface area contributed by atoms with Gasteiger partial charge in [0, 0.05) is 12.6 Å². The van der Waals surface area contributed by atoms with Crippen molar-refractivity contribution in [1.82, 2.24) is 10.6 Å². The summed E-state index contributed by atoms with van der Waals surface area (Å²) in [4.78, 5) is 34.6. The van der Waals surface area contributed by atoms with Gasteiger partial charge < -0.3 is 15.4 Å². The van der Waals surface area contributed by atoms with E-state index in [1.807, 2.05) is 31.2 Å². The van der Waals surface area contributed by atoms with Crippen LogP contribution < -0.4 is 10.6 Å². The standard InChI is InChI=1S/C17H22N2O4/c1-4-18-17(22)13(3)19-15(20)11-23-16(21)9-8-14-7-5-6-12(2)10-14/h5-10,13H,4,11H2,1-3H3,(H,18,22)(H,19,20)/b9-8+/t13-/m0/s1. The second-order valence-electron chi connectivity index (χ2n) is 5.04. The highest BCUT2D eigenvalue weighted by molar-refractivity contribution is 5.91. The Labute approximate surface area is 135 Å². The fourth-order valence-electron chi connectivity index (χ4n) is 1.80. The van der Waals surface area contributed by atoms with Gasteiger partial charge in [0.15, 0.2) is 6.61 Å². The molecule has 0 radical (unpaired) electrons. The van der Waals surface area contributed by atoms with Crippen LogP contribution in [0.25, 0.3) is 6.08 Å². The maximum atomic E-state index is 11.6. The van der Waals surface area contributed by atoms with Crippen LogP contribution in [0, 0.1) is 6.92 Å². The minimum absolute atomic E-state index is 0.286. The molecule has 6 heteroatoms. The van der Waals surface area contributed by atoms with Crippen molar-refractivity contribution < 1.29 is 19.1 Å². The predicted molar refractivity (Wildman–Crippen MR) is 87.5 cm³/mol. The Morgan fingerprint density at radius 3 is 2.70 bits per heavy atom. The van der Waals surface area contributed by atoms with Gasteiger partial charge in [-0.3, -0.25) is 9.59 Å². The van der Waals surface area contributed by atoms with Crippen LogP contribution in [0.1, 0.15) is 25.0 Å². The third-order valence-corrected chi connectivity index (χ3v) is 2.92. The summed E-state index contributed by atoms with van der Waals surface area (Å²) in [6, 6.07) is 6.94.